The van der Waals surface area contributed by atoms with Crippen LogP contribution in [0.5, 0.6) is 11.5 Å². The minimum Gasteiger partial charge on any atom is -0.507 e. The van der Waals surface area contributed by atoms with Gasteiger partial charge in [0.1, 0.15) is 11.5 Å². The summed E-state index contributed by atoms with van der Waals surface area (Å²) in [4.78, 5) is 0. The van der Waals surface area contributed by atoms with Gasteiger partial charge in [-0.2, -0.15) is 0 Å². The van der Waals surface area contributed by atoms with Crippen LogP contribution in [0, 0.1) is 0 Å². The molecule has 4 nitrogen and oxygen atoms in total. The molecule has 0 fully saturated rings. The normalized spacial score (nSPS) is 12.5. The van der Waals surface area contributed by atoms with Crippen LogP contribution in [0.4, 0.5) is 0 Å². The number of fused-ring (bicyclic) bond motifs is 2. The van der Waals surface area contributed by atoms with Crippen LogP contribution in [-0.4, -0.2) is 10.2 Å². The molecule has 2 atom stereocenters. The van der Waals surface area contributed by atoms with Crippen LogP contribution in [0.15, 0.2) is 133 Å². The summed E-state index contributed by atoms with van der Waals surface area (Å²) >= 11 is 0. The average molecular weight is 499 g/mol. The van der Waals surface area contributed by atoms with Gasteiger partial charge in [0.05, 0.1) is 0 Å². The Morgan fingerprint density at radius 2 is 0.737 bits per heavy atom. The van der Waals surface area contributed by atoms with Crippen molar-refractivity contribution in [2.45, 2.75) is 12.1 Å². The Morgan fingerprint density at radius 1 is 0.395 bits per heavy atom. The molecule has 0 radical (unpaired) electrons. The zero-order valence-corrected chi connectivity index (χ0v) is 20.9. The van der Waals surface area contributed by atoms with Crippen LogP contribution in [0.2, 0.25) is 0 Å². The third-order valence-corrected chi connectivity index (χ3v) is 6.82. The number of nitrogens with two attached hydrogens (primary N) is 2. The molecule has 0 amide bonds. The molecule has 0 saturated carbocycles. The first kappa shape index (κ1) is 25.0. The van der Waals surface area contributed by atoms with E-state index in [1.54, 1.807) is 12.1 Å². The fourth-order valence-corrected chi connectivity index (χ4v) is 4.81. The second-order valence-electron chi connectivity index (χ2n) is 9.23. The number of phenolic OH excluding ortho intramolecular Hbond substituents is 2. The summed E-state index contributed by atoms with van der Waals surface area (Å²) in [5.74, 6) is 0.343. The first-order chi connectivity index (χ1) is 18.5. The first-order valence-corrected chi connectivity index (χ1v) is 12.6. The van der Waals surface area contributed by atoms with Gasteiger partial charge in [0.15, 0.2) is 0 Å². The van der Waals surface area contributed by atoms with E-state index >= 15 is 0 Å². The maximum Gasteiger partial charge on any atom is 0.124 e. The smallest absolute Gasteiger partial charge is 0.124 e. The number of phenols is 2. The Balaban J connectivity index is 0.000000163. The SMILES string of the molecule is NC(c1ccccc1)C(N)c1ccccc1.Oc1ccc2ccccc2c1-c1c(O)ccc2ccccc12. The molecule has 0 aromatic heterocycles. The molecule has 0 aliphatic carbocycles. The molecule has 0 aliphatic rings. The van der Waals surface area contributed by atoms with Crippen LogP contribution in [-0.2, 0) is 0 Å². The van der Waals surface area contributed by atoms with Gasteiger partial charge in [-0.3, -0.25) is 0 Å². The van der Waals surface area contributed by atoms with Gasteiger partial charge < -0.3 is 21.7 Å². The molecular formula is C34H30N2O2. The van der Waals surface area contributed by atoms with Crippen molar-refractivity contribution >= 4 is 21.5 Å². The zero-order chi connectivity index (χ0) is 26.5. The summed E-state index contributed by atoms with van der Waals surface area (Å²) in [6.07, 6.45) is 0. The molecule has 6 rings (SSSR count). The van der Waals surface area contributed by atoms with E-state index in [9.17, 15) is 10.2 Å². The number of rotatable bonds is 4. The zero-order valence-electron chi connectivity index (χ0n) is 20.9. The lowest BCUT2D eigenvalue weighted by atomic mass is 9.92. The van der Waals surface area contributed by atoms with E-state index in [-0.39, 0.29) is 23.6 Å². The van der Waals surface area contributed by atoms with E-state index in [0.29, 0.717) is 11.1 Å². The van der Waals surface area contributed by atoms with Crippen molar-refractivity contribution in [2.24, 2.45) is 11.5 Å². The molecule has 6 aromatic carbocycles. The maximum absolute atomic E-state index is 10.4. The van der Waals surface area contributed by atoms with Crippen LogP contribution in [0.1, 0.15) is 23.2 Å². The highest BCUT2D eigenvalue weighted by atomic mass is 16.3. The van der Waals surface area contributed by atoms with Gasteiger partial charge in [-0.05, 0) is 44.8 Å². The summed E-state index contributed by atoms with van der Waals surface area (Å²) in [7, 11) is 0. The van der Waals surface area contributed by atoms with Gasteiger partial charge in [-0.1, -0.05) is 121 Å². The highest BCUT2D eigenvalue weighted by Gasteiger charge is 2.17. The monoisotopic (exact) mass is 498 g/mol. The average Bonchev–Trinajstić information content (AvgIpc) is 2.98. The number of aromatic hydroxyl groups is 2. The first-order valence-electron chi connectivity index (χ1n) is 12.6. The molecule has 4 heteroatoms. The van der Waals surface area contributed by atoms with Crippen LogP contribution in [0.25, 0.3) is 32.7 Å². The summed E-state index contributed by atoms with van der Waals surface area (Å²) < 4.78 is 0. The molecular weight excluding hydrogens is 468 g/mol. The van der Waals surface area contributed by atoms with Crippen molar-refractivity contribution in [3.8, 4) is 22.6 Å². The van der Waals surface area contributed by atoms with Crippen LogP contribution < -0.4 is 11.5 Å². The van der Waals surface area contributed by atoms with E-state index in [2.05, 4.69) is 0 Å². The fraction of sp³-hybridized carbons (Fsp3) is 0.0588. The molecule has 188 valence electrons. The van der Waals surface area contributed by atoms with Crippen molar-refractivity contribution in [2.75, 3.05) is 0 Å². The van der Waals surface area contributed by atoms with E-state index in [1.807, 2.05) is 121 Å². The maximum atomic E-state index is 10.4. The Bertz CT molecular complexity index is 1540. The van der Waals surface area contributed by atoms with Gasteiger partial charge in [0.25, 0.3) is 0 Å². The topological polar surface area (TPSA) is 92.5 Å². The Hall–Kier alpha value is -4.64. The number of benzene rings is 6. The molecule has 0 bridgehead atoms. The van der Waals surface area contributed by atoms with E-state index in [4.69, 9.17) is 11.5 Å². The summed E-state index contributed by atoms with van der Waals surface area (Å²) in [5, 5.41) is 24.8. The summed E-state index contributed by atoms with van der Waals surface area (Å²) in [6.45, 7) is 0. The van der Waals surface area contributed by atoms with Crippen molar-refractivity contribution in [3.63, 3.8) is 0 Å². The predicted molar refractivity (Wildman–Crippen MR) is 157 cm³/mol. The second kappa shape index (κ2) is 11.2. The predicted octanol–water partition coefficient (Wildman–Crippen LogP) is 7.46. The molecule has 0 saturated heterocycles. The van der Waals surface area contributed by atoms with Gasteiger partial charge in [0, 0.05) is 23.2 Å². The lowest BCUT2D eigenvalue weighted by Gasteiger charge is -2.20. The standard InChI is InChI=1S/C20H14O2.C14H16N2/c21-17-11-9-13-5-1-3-7-15(13)19(17)20-16-8-4-2-6-14(16)10-12-18(20)22;15-13(11-7-3-1-4-8-11)14(16)12-9-5-2-6-10-12/h1-12,21-22H;1-10,13-14H,15-16H2. The highest BCUT2D eigenvalue weighted by molar-refractivity contribution is 6.09. The van der Waals surface area contributed by atoms with Crippen LogP contribution >= 0.6 is 0 Å². The second-order valence-corrected chi connectivity index (χ2v) is 9.23. The Kier molecular flexibility index (Phi) is 7.36. The van der Waals surface area contributed by atoms with Gasteiger partial charge in [-0.25, -0.2) is 0 Å². The number of hydrogen-bond donors (Lipinski definition) is 4. The molecule has 0 spiro atoms. The van der Waals surface area contributed by atoms with E-state index in [1.165, 1.54) is 0 Å². The lowest BCUT2D eigenvalue weighted by molar-refractivity contribution is 0.470. The van der Waals surface area contributed by atoms with Crippen molar-refractivity contribution in [1.82, 2.24) is 0 Å². The molecule has 0 aliphatic heterocycles. The highest BCUT2D eigenvalue weighted by Crippen LogP contribution is 2.44. The minimum absolute atomic E-state index is 0.163. The van der Waals surface area contributed by atoms with Gasteiger partial charge >= 0.3 is 0 Å². The van der Waals surface area contributed by atoms with Crippen molar-refractivity contribution in [1.29, 1.82) is 0 Å². The summed E-state index contributed by atoms with van der Waals surface area (Å²) in [6, 6.07) is 42.4. The Labute approximate surface area is 222 Å². The lowest BCUT2D eigenvalue weighted by Crippen LogP contribution is -2.26. The van der Waals surface area contributed by atoms with Crippen molar-refractivity contribution < 1.29 is 10.2 Å². The fourth-order valence-electron chi connectivity index (χ4n) is 4.81. The molecule has 0 heterocycles. The molecule has 6 N–H and O–H groups in total. The minimum atomic E-state index is -0.163. The van der Waals surface area contributed by atoms with Gasteiger partial charge in [-0.15, -0.1) is 0 Å². The van der Waals surface area contributed by atoms with Gasteiger partial charge in [0.2, 0.25) is 0 Å². The third-order valence-electron chi connectivity index (χ3n) is 6.82. The van der Waals surface area contributed by atoms with E-state index < -0.39 is 0 Å². The summed E-state index contributed by atoms with van der Waals surface area (Å²) in [5.41, 5.74) is 15.8. The number of hydrogen-bond acceptors (Lipinski definition) is 4. The van der Waals surface area contributed by atoms with E-state index in [0.717, 1.165) is 32.7 Å². The molecule has 6 aromatic rings. The molecule has 38 heavy (non-hydrogen) atoms. The third kappa shape index (κ3) is 5.09. The van der Waals surface area contributed by atoms with Crippen molar-refractivity contribution in [3.05, 3.63) is 145 Å². The van der Waals surface area contributed by atoms with Crippen LogP contribution in [0.3, 0.4) is 0 Å². The quantitative estimate of drug-likeness (QED) is 0.203. The largest absolute Gasteiger partial charge is 0.507 e. The Morgan fingerprint density at radius 3 is 1.13 bits per heavy atom. The molecule has 2 unspecified atom stereocenters.